The molecule has 0 aliphatic rings. The number of fused-ring (bicyclic) bond motifs is 1. The Bertz CT molecular complexity index is 904. The summed E-state index contributed by atoms with van der Waals surface area (Å²) in [6.07, 6.45) is 3.03. The number of rotatable bonds is 7. The van der Waals surface area contributed by atoms with Gasteiger partial charge in [-0.1, -0.05) is 36.8 Å². The lowest BCUT2D eigenvalue weighted by Gasteiger charge is -2.16. The predicted molar refractivity (Wildman–Crippen MR) is 97.3 cm³/mol. The highest BCUT2D eigenvalue weighted by molar-refractivity contribution is 7.16. The van der Waals surface area contributed by atoms with E-state index in [1.165, 1.54) is 34.1 Å². The third-order valence-electron chi connectivity index (χ3n) is 3.88. The fourth-order valence-electron chi connectivity index (χ4n) is 2.64. The van der Waals surface area contributed by atoms with Gasteiger partial charge >= 0.3 is 0 Å². The molecule has 2 heterocycles. The lowest BCUT2D eigenvalue weighted by molar-refractivity contribution is 0.315. The zero-order valence-corrected chi connectivity index (χ0v) is 15.2. The normalized spacial score (nSPS) is 11.5. The van der Waals surface area contributed by atoms with Gasteiger partial charge in [-0.05, 0) is 31.2 Å². The van der Waals surface area contributed by atoms with Crippen LogP contribution in [0.4, 0.5) is 4.39 Å². The summed E-state index contributed by atoms with van der Waals surface area (Å²) in [6, 6.07) is 7.97. The minimum Gasteiger partial charge on any atom is -0.296 e. The van der Waals surface area contributed by atoms with Crippen LogP contribution >= 0.6 is 11.3 Å². The second kappa shape index (κ2) is 7.84. The molecule has 0 fully saturated rings. The van der Waals surface area contributed by atoms with E-state index in [2.05, 4.69) is 17.0 Å². The van der Waals surface area contributed by atoms with Gasteiger partial charge in [0.2, 0.25) is 4.96 Å². The van der Waals surface area contributed by atoms with E-state index in [-0.39, 0.29) is 11.4 Å². The Morgan fingerprint density at radius 3 is 2.72 bits per heavy atom. The number of benzene rings is 1. The molecular formula is C18H21FN4OS. The highest BCUT2D eigenvalue weighted by Gasteiger charge is 2.10. The van der Waals surface area contributed by atoms with Crippen molar-refractivity contribution in [2.45, 2.75) is 39.3 Å². The van der Waals surface area contributed by atoms with Crippen molar-refractivity contribution in [3.8, 4) is 0 Å². The zero-order chi connectivity index (χ0) is 17.8. The van der Waals surface area contributed by atoms with E-state index in [0.717, 1.165) is 35.5 Å². The molecule has 0 aliphatic heterocycles. The predicted octanol–water partition coefficient (Wildman–Crippen LogP) is 3.26. The summed E-state index contributed by atoms with van der Waals surface area (Å²) in [7, 11) is 1.95. The van der Waals surface area contributed by atoms with E-state index in [4.69, 9.17) is 0 Å². The first-order chi connectivity index (χ1) is 12.0. The summed E-state index contributed by atoms with van der Waals surface area (Å²) in [6.45, 7) is 3.34. The monoisotopic (exact) mass is 360 g/mol. The summed E-state index contributed by atoms with van der Waals surface area (Å²) in [5, 5.41) is 5.30. The minimum atomic E-state index is -0.240. The Labute approximate surface area is 149 Å². The maximum Gasteiger partial charge on any atom is 0.275 e. The van der Waals surface area contributed by atoms with Crippen LogP contribution in [-0.4, -0.2) is 26.5 Å². The average Bonchev–Trinajstić information content (AvgIpc) is 2.98. The molecule has 0 atom stereocenters. The van der Waals surface area contributed by atoms with E-state index < -0.39 is 0 Å². The number of hydrogen-bond donors (Lipinski definition) is 0. The summed E-state index contributed by atoms with van der Waals surface area (Å²) in [5.41, 5.74) is 1.59. The van der Waals surface area contributed by atoms with Gasteiger partial charge in [0.1, 0.15) is 10.8 Å². The molecule has 132 valence electrons. The third-order valence-corrected chi connectivity index (χ3v) is 4.85. The molecule has 0 bridgehead atoms. The molecule has 0 spiro atoms. The molecule has 0 saturated carbocycles. The molecule has 25 heavy (non-hydrogen) atoms. The zero-order valence-electron chi connectivity index (χ0n) is 14.4. The van der Waals surface area contributed by atoms with Gasteiger partial charge in [-0.15, -0.1) is 0 Å². The van der Waals surface area contributed by atoms with Crippen molar-refractivity contribution in [2.75, 3.05) is 7.05 Å². The first-order valence-electron chi connectivity index (χ1n) is 8.37. The van der Waals surface area contributed by atoms with Gasteiger partial charge in [0.15, 0.2) is 0 Å². The maximum absolute atomic E-state index is 13.0. The molecule has 1 aromatic carbocycles. The fraction of sp³-hybridized carbons (Fsp3) is 0.389. The lowest BCUT2D eigenvalue weighted by Crippen LogP contribution is -2.21. The van der Waals surface area contributed by atoms with E-state index in [1.807, 2.05) is 11.9 Å². The van der Waals surface area contributed by atoms with Crippen LogP contribution < -0.4 is 5.56 Å². The molecule has 7 heteroatoms. The molecule has 2 aromatic heterocycles. The van der Waals surface area contributed by atoms with Crippen LogP contribution in [0.25, 0.3) is 4.96 Å². The quantitative estimate of drug-likeness (QED) is 0.649. The topological polar surface area (TPSA) is 50.5 Å². The van der Waals surface area contributed by atoms with Gasteiger partial charge in [-0.2, -0.15) is 9.61 Å². The number of unbranched alkanes of at least 4 members (excludes halogenated alkanes) is 1. The van der Waals surface area contributed by atoms with Crippen LogP contribution in [-0.2, 0) is 19.5 Å². The molecule has 0 amide bonds. The van der Waals surface area contributed by atoms with Gasteiger partial charge in [-0.25, -0.2) is 9.37 Å². The number of halogens is 1. The summed E-state index contributed by atoms with van der Waals surface area (Å²) < 4.78 is 14.4. The van der Waals surface area contributed by atoms with Crippen molar-refractivity contribution in [3.05, 3.63) is 62.8 Å². The fourth-order valence-corrected chi connectivity index (χ4v) is 3.60. The van der Waals surface area contributed by atoms with Gasteiger partial charge < -0.3 is 0 Å². The van der Waals surface area contributed by atoms with Crippen molar-refractivity contribution in [3.63, 3.8) is 0 Å². The van der Waals surface area contributed by atoms with E-state index in [9.17, 15) is 9.18 Å². The van der Waals surface area contributed by atoms with Crippen LogP contribution in [0, 0.1) is 5.82 Å². The minimum absolute atomic E-state index is 0.144. The van der Waals surface area contributed by atoms with Crippen molar-refractivity contribution in [1.29, 1.82) is 0 Å². The van der Waals surface area contributed by atoms with Crippen molar-refractivity contribution in [1.82, 2.24) is 19.5 Å². The van der Waals surface area contributed by atoms with Crippen molar-refractivity contribution < 1.29 is 4.39 Å². The molecule has 0 unspecified atom stereocenters. The molecule has 3 aromatic rings. The number of aryl methyl sites for hydroxylation is 1. The number of aromatic nitrogens is 3. The van der Waals surface area contributed by atoms with Crippen molar-refractivity contribution in [2.24, 2.45) is 0 Å². The Morgan fingerprint density at radius 1 is 1.24 bits per heavy atom. The smallest absolute Gasteiger partial charge is 0.275 e. The van der Waals surface area contributed by atoms with E-state index >= 15 is 0 Å². The van der Waals surface area contributed by atoms with Crippen molar-refractivity contribution >= 4 is 16.3 Å². The molecular weight excluding hydrogens is 339 g/mol. The van der Waals surface area contributed by atoms with Gasteiger partial charge in [0.05, 0.1) is 5.69 Å². The maximum atomic E-state index is 13.0. The van der Waals surface area contributed by atoms with Crippen LogP contribution in [0.3, 0.4) is 0 Å². The highest BCUT2D eigenvalue weighted by Crippen LogP contribution is 2.15. The van der Waals surface area contributed by atoms with E-state index in [0.29, 0.717) is 18.1 Å². The second-order valence-electron chi connectivity index (χ2n) is 6.18. The third kappa shape index (κ3) is 4.49. The van der Waals surface area contributed by atoms with Crippen LogP contribution in [0.15, 0.2) is 35.1 Å². The Morgan fingerprint density at radius 2 is 2.00 bits per heavy atom. The second-order valence-corrected chi connectivity index (χ2v) is 7.22. The van der Waals surface area contributed by atoms with Crippen LogP contribution in [0.5, 0.6) is 0 Å². The number of hydrogen-bond acceptors (Lipinski definition) is 5. The first-order valence-corrected chi connectivity index (χ1v) is 9.18. The molecule has 0 saturated heterocycles. The molecule has 5 nitrogen and oxygen atoms in total. The van der Waals surface area contributed by atoms with Crippen LogP contribution in [0.2, 0.25) is 0 Å². The molecule has 0 N–H and O–H groups in total. The molecule has 0 radical (unpaired) electrons. The molecule has 0 aliphatic carbocycles. The van der Waals surface area contributed by atoms with Gasteiger partial charge in [0, 0.05) is 25.6 Å². The largest absolute Gasteiger partial charge is 0.296 e. The Balaban J connectivity index is 1.74. The first kappa shape index (κ1) is 17.7. The highest BCUT2D eigenvalue weighted by atomic mass is 32.1. The summed E-state index contributed by atoms with van der Waals surface area (Å²) in [4.78, 5) is 19.5. The van der Waals surface area contributed by atoms with Gasteiger partial charge in [-0.3, -0.25) is 9.69 Å². The Hall–Kier alpha value is -2.12. The lowest BCUT2D eigenvalue weighted by atomic mass is 10.2. The average molecular weight is 360 g/mol. The SMILES string of the molecule is CCCCc1nn2c(=O)cc(CN(C)Cc3ccc(F)cc3)nc2s1. The summed E-state index contributed by atoms with van der Waals surface area (Å²) >= 11 is 1.48. The van der Waals surface area contributed by atoms with Gasteiger partial charge in [0.25, 0.3) is 5.56 Å². The van der Waals surface area contributed by atoms with E-state index in [1.54, 1.807) is 12.1 Å². The van der Waals surface area contributed by atoms with Crippen LogP contribution in [0.1, 0.15) is 36.0 Å². The Kier molecular flexibility index (Phi) is 5.55. The standard InChI is InChI=1S/C18H21FN4OS/c1-3-4-5-16-21-23-17(24)10-15(20-18(23)25-16)12-22(2)11-13-6-8-14(19)9-7-13/h6-10H,3-5,11-12H2,1-2H3. The summed E-state index contributed by atoms with van der Waals surface area (Å²) in [5.74, 6) is -0.240. The number of nitrogens with zero attached hydrogens (tertiary/aromatic N) is 4. The molecule has 3 rings (SSSR count).